The molecule has 0 spiro atoms. The van der Waals surface area contributed by atoms with Gasteiger partial charge in [-0.15, -0.1) is 11.3 Å². The van der Waals surface area contributed by atoms with Crippen molar-refractivity contribution in [2.24, 2.45) is 0 Å². The first kappa shape index (κ1) is 7.55. The van der Waals surface area contributed by atoms with Crippen molar-refractivity contribution in [3.05, 3.63) is 28.9 Å². The second kappa shape index (κ2) is 2.45. The largest absolute Gasteiger partial charge is 0.398 e. The monoisotopic (exact) mass is 181 g/mol. The first-order chi connectivity index (χ1) is 5.70. The number of aryl methyl sites for hydroxylation is 1. The highest BCUT2D eigenvalue weighted by Crippen LogP contribution is 2.32. The van der Waals surface area contributed by atoms with Crippen LogP contribution in [0.15, 0.2) is 18.2 Å². The fourth-order valence-corrected chi connectivity index (χ4v) is 2.20. The average molecular weight is 181 g/mol. The number of benzene rings is 1. The number of thiophene rings is 1. The molecule has 0 amide bonds. The molecule has 0 saturated carbocycles. The Balaban J connectivity index is 2.95. The molecule has 1 heterocycles. The second-order valence-corrected chi connectivity index (χ2v) is 3.70. The van der Waals surface area contributed by atoms with Crippen molar-refractivity contribution in [1.82, 2.24) is 0 Å². The summed E-state index contributed by atoms with van der Waals surface area (Å²) in [5.41, 5.74) is 7.04. The van der Waals surface area contributed by atoms with Crippen LogP contribution in [0, 0.1) is 12.1 Å². The lowest BCUT2D eigenvalue weighted by Gasteiger charge is -1.93. The molecule has 0 fully saturated rings. The molecule has 0 aliphatic carbocycles. The van der Waals surface area contributed by atoms with Gasteiger partial charge in [0.25, 0.3) is 0 Å². The van der Waals surface area contributed by atoms with Gasteiger partial charge in [-0.2, -0.15) is 4.39 Å². The Labute approximate surface area is 73.6 Å². The topological polar surface area (TPSA) is 26.0 Å². The maximum Gasteiger partial charge on any atom is 0.180 e. The molecule has 0 aliphatic heterocycles. The van der Waals surface area contributed by atoms with Crippen molar-refractivity contribution in [2.45, 2.75) is 6.92 Å². The van der Waals surface area contributed by atoms with Gasteiger partial charge in [-0.3, -0.25) is 0 Å². The molecule has 0 aliphatic rings. The number of halogens is 1. The number of hydrogen-bond acceptors (Lipinski definition) is 2. The van der Waals surface area contributed by atoms with E-state index >= 15 is 0 Å². The van der Waals surface area contributed by atoms with Crippen LogP contribution >= 0.6 is 11.3 Å². The van der Waals surface area contributed by atoms with Gasteiger partial charge < -0.3 is 5.73 Å². The summed E-state index contributed by atoms with van der Waals surface area (Å²) in [6.07, 6.45) is 0. The summed E-state index contributed by atoms with van der Waals surface area (Å²) in [4.78, 5) is 0. The third kappa shape index (κ3) is 0.898. The van der Waals surface area contributed by atoms with E-state index in [2.05, 4.69) is 0 Å². The molecule has 1 aromatic heterocycles. The summed E-state index contributed by atoms with van der Waals surface area (Å²) in [6, 6.07) is 5.52. The Bertz CT molecular complexity index is 433. The predicted molar refractivity (Wildman–Crippen MR) is 50.9 cm³/mol. The Morgan fingerprint density at radius 1 is 1.42 bits per heavy atom. The zero-order chi connectivity index (χ0) is 8.72. The minimum atomic E-state index is -0.136. The molecule has 62 valence electrons. The van der Waals surface area contributed by atoms with E-state index in [1.54, 1.807) is 13.0 Å². The maximum absolute atomic E-state index is 13.1. The molecular weight excluding hydrogens is 173 g/mol. The normalized spacial score (nSPS) is 10.8. The van der Waals surface area contributed by atoms with Crippen molar-refractivity contribution in [3.63, 3.8) is 0 Å². The predicted octanol–water partition coefficient (Wildman–Crippen LogP) is 2.93. The van der Waals surface area contributed by atoms with E-state index < -0.39 is 0 Å². The van der Waals surface area contributed by atoms with Crippen molar-refractivity contribution < 1.29 is 4.39 Å². The number of hydrogen-bond donors (Lipinski definition) is 1. The zero-order valence-corrected chi connectivity index (χ0v) is 7.41. The molecule has 2 N–H and O–H groups in total. The van der Waals surface area contributed by atoms with Crippen LogP contribution in [-0.4, -0.2) is 0 Å². The van der Waals surface area contributed by atoms with Crippen LogP contribution in [0.5, 0.6) is 0 Å². The van der Waals surface area contributed by atoms with Gasteiger partial charge in [-0.25, -0.2) is 0 Å². The molecule has 12 heavy (non-hydrogen) atoms. The molecule has 0 saturated heterocycles. The SMILES string of the molecule is Cc1c(F)sc2c(N)cccc12. The Kier molecular flexibility index (Phi) is 1.54. The van der Waals surface area contributed by atoms with Crippen LogP contribution in [0.2, 0.25) is 0 Å². The summed E-state index contributed by atoms with van der Waals surface area (Å²) in [5.74, 6) is 0. The Hall–Kier alpha value is -1.09. The minimum Gasteiger partial charge on any atom is -0.398 e. The lowest BCUT2D eigenvalue weighted by Crippen LogP contribution is -1.82. The van der Waals surface area contributed by atoms with E-state index in [9.17, 15) is 4.39 Å². The van der Waals surface area contributed by atoms with Gasteiger partial charge in [0.1, 0.15) is 0 Å². The molecule has 1 aromatic carbocycles. The summed E-state index contributed by atoms with van der Waals surface area (Å²) in [5, 5.41) is 0.792. The van der Waals surface area contributed by atoms with Crippen molar-refractivity contribution in [2.75, 3.05) is 5.73 Å². The van der Waals surface area contributed by atoms with E-state index in [1.807, 2.05) is 12.1 Å². The quantitative estimate of drug-likeness (QED) is 0.621. The van der Waals surface area contributed by atoms with Crippen LogP contribution in [0.25, 0.3) is 10.1 Å². The standard InChI is InChI=1S/C9H8FNS/c1-5-6-3-2-4-7(11)8(6)12-9(5)10/h2-4H,11H2,1H3. The second-order valence-electron chi connectivity index (χ2n) is 2.72. The number of rotatable bonds is 0. The Morgan fingerprint density at radius 3 is 2.83 bits per heavy atom. The molecule has 0 radical (unpaired) electrons. The first-order valence-electron chi connectivity index (χ1n) is 3.63. The molecule has 2 aromatic rings. The highest BCUT2D eigenvalue weighted by molar-refractivity contribution is 7.18. The molecule has 2 rings (SSSR count). The highest BCUT2D eigenvalue weighted by Gasteiger charge is 2.08. The van der Waals surface area contributed by atoms with Gasteiger partial charge in [0.15, 0.2) is 5.13 Å². The molecule has 0 bridgehead atoms. The van der Waals surface area contributed by atoms with Gasteiger partial charge in [-0.05, 0) is 13.0 Å². The fourth-order valence-electron chi connectivity index (χ4n) is 1.24. The first-order valence-corrected chi connectivity index (χ1v) is 4.45. The van der Waals surface area contributed by atoms with Gasteiger partial charge in [0.2, 0.25) is 0 Å². The summed E-state index contributed by atoms with van der Waals surface area (Å²) in [6.45, 7) is 1.77. The van der Waals surface area contributed by atoms with Crippen LogP contribution in [-0.2, 0) is 0 Å². The highest BCUT2D eigenvalue weighted by atomic mass is 32.1. The zero-order valence-electron chi connectivity index (χ0n) is 6.60. The summed E-state index contributed by atoms with van der Waals surface area (Å²) < 4.78 is 13.9. The smallest absolute Gasteiger partial charge is 0.180 e. The number of anilines is 1. The molecule has 3 heteroatoms. The van der Waals surface area contributed by atoms with Gasteiger partial charge in [0.05, 0.1) is 4.70 Å². The Morgan fingerprint density at radius 2 is 2.17 bits per heavy atom. The molecule has 0 unspecified atom stereocenters. The fraction of sp³-hybridized carbons (Fsp3) is 0.111. The van der Waals surface area contributed by atoms with Gasteiger partial charge in [0, 0.05) is 16.6 Å². The average Bonchev–Trinajstić information content (AvgIpc) is 2.32. The van der Waals surface area contributed by atoms with E-state index in [0.29, 0.717) is 11.3 Å². The van der Waals surface area contributed by atoms with Crippen molar-refractivity contribution >= 4 is 27.1 Å². The lowest BCUT2D eigenvalue weighted by molar-refractivity contribution is 0.650. The summed E-state index contributed by atoms with van der Waals surface area (Å²) >= 11 is 1.11. The van der Waals surface area contributed by atoms with Crippen LogP contribution in [0.1, 0.15) is 5.56 Å². The van der Waals surface area contributed by atoms with E-state index in [0.717, 1.165) is 21.4 Å². The van der Waals surface area contributed by atoms with Crippen LogP contribution in [0.4, 0.5) is 10.1 Å². The number of fused-ring (bicyclic) bond motifs is 1. The number of nitrogens with two attached hydrogens (primary N) is 1. The van der Waals surface area contributed by atoms with Crippen LogP contribution in [0.3, 0.4) is 0 Å². The summed E-state index contributed by atoms with van der Waals surface area (Å²) in [7, 11) is 0. The lowest BCUT2D eigenvalue weighted by atomic mass is 10.2. The molecular formula is C9H8FNS. The van der Waals surface area contributed by atoms with E-state index in [-0.39, 0.29) is 5.13 Å². The van der Waals surface area contributed by atoms with Gasteiger partial charge >= 0.3 is 0 Å². The van der Waals surface area contributed by atoms with Crippen molar-refractivity contribution in [1.29, 1.82) is 0 Å². The van der Waals surface area contributed by atoms with Gasteiger partial charge in [-0.1, -0.05) is 12.1 Å². The van der Waals surface area contributed by atoms with E-state index in [4.69, 9.17) is 5.73 Å². The number of nitrogen functional groups attached to an aromatic ring is 1. The van der Waals surface area contributed by atoms with Crippen LogP contribution < -0.4 is 5.73 Å². The third-order valence-electron chi connectivity index (χ3n) is 1.94. The molecule has 0 atom stereocenters. The van der Waals surface area contributed by atoms with E-state index in [1.165, 1.54) is 0 Å². The van der Waals surface area contributed by atoms with Crippen molar-refractivity contribution in [3.8, 4) is 0 Å². The molecule has 1 nitrogen and oxygen atoms in total. The minimum absolute atomic E-state index is 0.136. The maximum atomic E-state index is 13.1. The third-order valence-corrected chi connectivity index (χ3v) is 3.08.